The van der Waals surface area contributed by atoms with Crippen LogP contribution in [-0.4, -0.2) is 17.5 Å². The van der Waals surface area contributed by atoms with Gasteiger partial charge in [0.1, 0.15) is 5.75 Å². The monoisotopic (exact) mass is 412 g/mol. The second-order valence-electron chi connectivity index (χ2n) is 7.89. The molecule has 1 aliphatic carbocycles. The van der Waals surface area contributed by atoms with E-state index in [9.17, 15) is 9.59 Å². The third-order valence-corrected chi connectivity index (χ3v) is 5.99. The van der Waals surface area contributed by atoms with Crippen LogP contribution in [0.3, 0.4) is 0 Å². The van der Waals surface area contributed by atoms with Crippen LogP contribution in [0.2, 0.25) is 0 Å². The summed E-state index contributed by atoms with van der Waals surface area (Å²) >= 11 is 0. The Labute approximate surface area is 182 Å². The fraction of sp³-hybridized carbons (Fsp3) is 0.308. The molecule has 0 fully saturated rings. The Morgan fingerprint density at radius 2 is 1.68 bits per heavy atom. The molecule has 0 saturated heterocycles. The van der Waals surface area contributed by atoms with E-state index >= 15 is 0 Å². The molecule has 5 heteroatoms. The third kappa shape index (κ3) is 4.06. The summed E-state index contributed by atoms with van der Waals surface area (Å²) < 4.78 is 5.49. The van der Waals surface area contributed by atoms with Crippen LogP contribution in [-0.2, 0) is 4.79 Å². The zero-order chi connectivity index (χ0) is 21.8. The molecule has 0 N–H and O–H groups in total. The number of hydrogen-bond donors (Lipinski definition) is 0. The van der Waals surface area contributed by atoms with Gasteiger partial charge in [-0.15, -0.1) is 0 Å². The van der Waals surface area contributed by atoms with Gasteiger partial charge in [0.15, 0.2) is 11.7 Å². The van der Waals surface area contributed by atoms with Gasteiger partial charge in [0, 0.05) is 24.3 Å². The SMILES string of the molecule is CC#N.O=C1Oc2ccccc2C(=O)C1C1=NC2=C(CCCC2)[C@@H](c2ccccc2)C1. The number of Topliss-reactive ketones (excluding diaryl/α,β-unsaturated/α-hetero) is 1. The first-order chi connectivity index (χ1) is 15.1. The van der Waals surface area contributed by atoms with E-state index in [2.05, 4.69) is 12.1 Å². The fourth-order valence-electron chi connectivity index (χ4n) is 4.63. The van der Waals surface area contributed by atoms with Crippen LogP contribution in [0.15, 0.2) is 70.9 Å². The number of rotatable bonds is 2. The Morgan fingerprint density at radius 3 is 2.45 bits per heavy atom. The molecule has 0 aromatic heterocycles. The Kier molecular flexibility index (Phi) is 6.08. The van der Waals surface area contributed by atoms with Crippen molar-refractivity contribution in [1.29, 1.82) is 5.26 Å². The van der Waals surface area contributed by atoms with E-state index in [-0.39, 0.29) is 11.7 Å². The first-order valence-corrected chi connectivity index (χ1v) is 10.6. The molecule has 2 aliphatic heterocycles. The molecule has 2 aromatic rings. The van der Waals surface area contributed by atoms with E-state index in [0.29, 0.717) is 23.4 Å². The van der Waals surface area contributed by atoms with E-state index in [1.165, 1.54) is 24.5 Å². The summed E-state index contributed by atoms with van der Waals surface area (Å²) in [5, 5.41) is 7.32. The van der Waals surface area contributed by atoms with Crippen molar-refractivity contribution in [2.75, 3.05) is 0 Å². The second kappa shape index (κ2) is 9.09. The average Bonchev–Trinajstić information content (AvgIpc) is 2.80. The van der Waals surface area contributed by atoms with Gasteiger partial charge >= 0.3 is 5.97 Å². The molecule has 156 valence electrons. The molecule has 2 aromatic carbocycles. The van der Waals surface area contributed by atoms with Gasteiger partial charge in [0.05, 0.1) is 11.6 Å². The zero-order valence-corrected chi connectivity index (χ0v) is 17.5. The van der Waals surface area contributed by atoms with Gasteiger partial charge in [-0.1, -0.05) is 42.5 Å². The number of nitrogens with zero attached hydrogens (tertiary/aromatic N) is 2. The molecule has 5 rings (SSSR count). The summed E-state index contributed by atoms with van der Waals surface area (Å²) in [5.74, 6) is -1.10. The smallest absolute Gasteiger partial charge is 0.328 e. The molecular formula is C26H24N2O3. The van der Waals surface area contributed by atoms with Crippen molar-refractivity contribution in [3.05, 3.63) is 77.0 Å². The van der Waals surface area contributed by atoms with E-state index < -0.39 is 11.9 Å². The van der Waals surface area contributed by atoms with Crippen LogP contribution >= 0.6 is 0 Å². The van der Waals surface area contributed by atoms with E-state index in [1.807, 2.05) is 18.2 Å². The Morgan fingerprint density at radius 1 is 1.00 bits per heavy atom. The number of esters is 1. The predicted molar refractivity (Wildman–Crippen MR) is 118 cm³/mol. The molecular weight excluding hydrogens is 388 g/mol. The highest BCUT2D eigenvalue weighted by molar-refractivity contribution is 6.27. The van der Waals surface area contributed by atoms with Crippen molar-refractivity contribution < 1.29 is 14.3 Å². The lowest BCUT2D eigenvalue weighted by molar-refractivity contribution is -0.136. The lowest BCUT2D eigenvalue weighted by Crippen LogP contribution is -2.40. The van der Waals surface area contributed by atoms with Gasteiger partial charge in [-0.3, -0.25) is 14.6 Å². The minimum Gasteiger partial charge on any atom is -0.425 e. The van der Waals surface area contributed by atoms with E-state index in [1.54, 1.807) is 30.3 Å². The minimum absolute atomic E-state index is 0.182. The van der Waals surface area contributed by atoms with E-state index in [0.717, 1.165) is 25.0 Å². The van der Waals surface area contributed by atoms with Crippen molar-refractivity contribution in [3.63, 3.8) is 0 Å². The van der Waals surface area contributed by atoms with Crippen LogP contribution in [0.25, 0.3) is 0 Å². The number of hydrogen-bond acceptors (Lipinski definition) is 5. The van der Waals surface area contributed by atoms with Crippen LogP contribution in [0.5, 0.6) is 5.75 Å². The highest BCUT2D eigenvalue weighted by Gasteiger charge is 2.42. The summed E-state index contributed by atoms with van der Waals surface area (Å²) in [6.45, 7) is 1.43. The standard InChI is InChI=1S/C24H21NO3.C2H3N/c26-23-17-11-5-7-13-21(17)28-24(27)22(23)20-14-18(15-8-2-1-3-9-15)16-10-4-6-12-19(16)25-20;1-2-3/h1-3,5,7-9,11,13,18,22H,4,6,10,12,14H2;1H3/t18-,22?;/m1./s1. The third-order valence-electron chi connectivity index (χ3n) is 5.99. The largest absolute Gasteiger partial charge is 0.425 e. The van der Waals surface area contributed by atoms with Crippen LogP contribution in [0.4, 0.5) is 0 Å². The van der Waals surface area contributed by atoms with Gasteiger partial charge in [-0.2, -0.15) is 5.26 Å². The summed E-state index contributed by atoms with van der Waals surface area (Å²) in [7, 11) is 0. The van der Waals surface area contributed by atoms with Crippen LogP contribution < -0.4 is 4.74 Å². The Balaban J connectivity index is 0.000000730. The van der Waals surface area contributed by atoms with Gasteiger partial charge in [0.2, 0.25) is 0 Å². The highest BCUT2D eigenvalue weighted by atomic mass is 16.5. The molecule has 0 bridgehead atoms. The molecule has 0 amide bonds. The molecule has 0 radical (unpaired) electrons. The summed E-state index contributed by atoms with van der Waals surface area (Å²) in [6, 6.07) is 19.1. The van der Waals surface area contributed by atoms with E-state index in [4.69, 9.17) is 15.0 Å². The molecule has 0 spiro atoms. The van der Waals surface area contributed by atoms with Crippen molar-refractivity contribution in [1.82, 2.24) is 0 Å². The fourth-order valence-corrected chi connectivity index (χ4v) is 4.63. The number of carbonyl (C=O) groups is 2. The normalized spacial score (nSPS) is 22.1. The number of para-hydroxylation sites is 1. The van der Waals surface area contributed by atoms with Crippen molar-refractivity contribution in [2.45, 2.75) is 44.9 Å². The maximum absolute atomic E-state index is 13.1. The molecule has 5 nitrogen and oxygen atoms in total. The second-order valence-corrected chi connectivity index (χ2v) is 7.89. The molecule has 2 atom stereocenters. The maximum atomic E-state index is 13.1. The lowest BCUT2D eigenvalue weighted by Gasteiger charge is -2.33. The van der Waals surface area contributed by atoms with Crippen LogP contribution in [0.1, 0.15) is 60.9 Å². The lowest BCUT2D eigenvalue weighted by atomic mass is 9.75. The van der Waals surface area contributed by atoms with Crippen molar-refractivity contribution in [2.24, 2.45) is 10.9 Å². The molecule has 1 unspecified atom stereocenters. The number of benzene rings is 2. The first kappa shape index (κ1) is 20.7. The Hall–Kier alpha value is -3.52. The molecule has 3 aliphatic rings. The number of allylic oxidation sites excluding steroid dienone is 2. The quantitative estimate of drug-likeness (QED) is 0.376. The molecule has 2 heterocycles. The topological polar surface area (TPSA) is 79.5 Å². The maximum Gasteiger partial charge on any atom is 0.328 e. The summed E-state index contributed by atoms with van der Waals surface area (Å²) in [4.78, 5) is 30.7. The summed E-state index contributed by atoms with van der Waals surface area (Å²) in [5.41, 5.74) is 4.79. The van der Waals surface area contributed by atoms with Gasteiger partial charge < -0.3 is 4.74 Å². The zero-order valence-electron chi connectivity index (χ0n) is 17.5. The number of aliphatic imine (C=N–C) groups is 1. The molecule has 31 heavy (non-hydrogen) atoms. The highest BCUT2D eigenvalue weighted by Crippen LogP contribution is 2.43. The van der Waals surface area contributed by atoms with Crippen LogP contribution in [0, 0.1) is 17.2 Å². The van der Waals surface area contributed by atoms with Crippen molar-refractivity contribution >= 4 is 17.5 Å². The van der Waals surface area contributed by atoms with Gasteiger partial charge in [-0.05, 0) is 55.4 Å². The Bertz CT molecular complexity index is 1110. The number of ether oxygens (including phenoxy) is 1. The first-order valence-electron chi connectivity index (χ1n) is 10.6. The minimum atomic E-state index is -0.933. The number of nitriles is 1. The predicted octanol–water partition coefficient (Wildman–Crippen LogP) is 5.39. The van der Waals surface area contributed by atoms with Crippen molar-refractivity contribution in [3.8, 4) is 11.8 Å². The number of fused-ring (bicyclic) bond motifs is 1. The van der Waals surface area contributed by atoms with Gasteiger partial charge in [-0.25, -0.2) is 0 Å². The number of ketones is 1. The summed E-state index contributed by atoms with van der Waals surface area (Å²) in [6.07, 6.45) is 4.82. The number of carbonyl (C=O) groups excluding carboxylic acids is 2. The van der Waals surface area contributed by atoms with Gasteiger partial charge in [0.25, 0.3) is 0 Å². The molecule has 0 saturated carbocycles. The average molecular weight is 412 g/mol.